The van der Waals surface area contributed by atoms with Gasteiger partial charge in [-0.2, -0.15) is 0 Å². The Balaban J connectivity index is 2.22. The van der Waals surface area contributed by atoms with Crippen molar-refractivity contribution in [3.8, 4) is 5.75 Å². The number of phenols is 1. The number of carbonyl (C=O) groups is 1. The Hall–Kier alpha value is -1.83. The predicted octanol–water partition coefficient (Wildman–Crippen LogP) is 4.04. The van der Waals surface area contributed by atoms with Crippen molar-refractivity contribution in [1.82, 2.24) is 0 Å². The van der Waals surface area contributed by atoms with E-state index in [0.717, 1.165) is 36.0 Å². The number of ketones is 1. The molecule has 0 heterocycles. The highest BCUT2D eigenvalue weighted by Crippen LogP contribution is 2.55. The molecule has 2 nitrogen and oxygen atoms in total. The lowest BCUT2D eigenvalue weighted by Crippen LogP contribution is -2.26. The maximum Gasteiger partial charge on any atom is 0.158 e. The first-order valence-corrected chi connectivity index (χ1v) is 7.32. The van der Waals surface area contributed by atoms with E-state index in [4.69, 9.17) is 0 Å². The minimum atomic E-state index is -0.0376. The SMILES string of the molecule is CC/C=C/C12CCC(=O)C(C)=C1c1ccc(O)cc1C2. The van der Waals surface area contributed by atoms with E-state index in [2.05, 4.69) is 19.1 Å². The van der Waals surface area contributed by atoms with Crippen LogP contribution in [0, 0.1) is 5.41 Å². The number of phenolic OH excluding ortho intramolecular Hbond substituents is 1. The molecule has 20 heavy (non-hydrogen) atoms. The van der Waals surface area contributed by atoms with Crippen molar-refractivity contribution in [2.24, 2.45) is 5.41 Å². The number of Topliss-reactive ketones (excluding diaryl/α,β-unsaturated/α-hetero) is 1. The molecule has 1 aromatic carbocycles. The van der Waals surface area contributed by atoms with Gasteiger partial charge in [0.2, 0.25) is 0 Å². The summed E-state index contributed by atoms with van der Waals surface area (Å²) < 4.78 is 0. The Morgan fingerprint density at radius 1 is 1.40 bits per heavy atom. The molecule has 2 aliphatic rings. The zero-order chi connectivity index (χ0) is 14.3. The first-order chi connectivity index (χ1) is 9.57. The lowest BCUT2D eigenvalue weighted by Gasteiger charge is -2.33. The molecule has 1 atom stereocenters. The summed E-state index contributed by atoms with van der Waals surface area (Å²) in [4.78, 5) is 12.1. The minimum absolute atomic E-state index is 0.0376. The van der Waals surface area contributed by atoms with Crippen LogP contribution in [0.1, 0.15) is 44.2 Å². The van der Waals surface area contributed by atoms with Crippen LogP contribution in [0.2, 0.25) is 0 Å². The van der Waals surface area contributed by atoms with Gasteiger partial charge in [0, 0.05) is 11.8 Å². The smallest absolute Gasteiger partial charge is 0.158 e. The molecule has 2 heteroatoms. The first-order valence-electron chi connectivity index (χ1n) is 7.32. The maximum atomic E-state index is 12.1. The lowest BCUT2D eigenvalue weighted by molar-refractivity contribution is -0.116. The molecular formula is C18H20O2. The van der Waals surface area contributed by atoms with Crippen LogP contribution >= 0.6 is 0 Å². The van der Waals surface area contributed by atoms with Crippen molar-refractivity contribution in [3.63, 3.8) is 0 Å². The van der Waals surface area contributed by atoms with E-state index < -0.39 is 0 Å². The molecule has 0 bridgehead atoms. The summed E-state index contributed by atoms with van der Waals surface area (Å²) in [5, 5.41) is 9.71. The van der Waals surface area contributed by atoms with Crippen molar-refractivity contribution in [3.05, 3.63) is 47.1 Å². The molecule has 104 valence electrons. The Morgan fingerprint density at radius 3 is 2.95 bits per heavy atom. The zero-order valence-electron chi connectivity index (χ0n) is 12.1. The van der Waals surface area contributed by atoms with Gasteiger partial charge < -0.3 is 5.11 Å². The molecule has 0 spiro atoms. The normalized spacial score (nSPS) is 25.2. The van der Waals surface area contributed by atoms with Crippen LogP contribution in [0.4, 0.5) is 0 Å². The van der Waals surface area contributed by atoms with Crippen LogP contribution in [0.5, 0.6) is 5.75 Å². The molecule has 3 rings (SSSR count). The van der Waals surface area contributed by atoms with Gasteiger partial charge in [0.25, 0.3) is 0 Å². The van der Waals surface area contributed by atoms with Crippen molar-refractivity contribution in [1.29, 1.82) is 0 Å². The molecule has 1 N–H and O–H groups in total. The van der Waals surface area contributed by atoms with Crippen LogP contribution in [-0.2, 0) is 11.2 Å². The summed E-state index contributed by atoms with van der Waals surface area (Å²) in [5.41, 5.74) is 4.36. The summed E-state index contributed by atoms with van der Waals surface area (Å²) in [5.74, 6) is 0.572. The third kappa shape index (κ3) is 1.82. The Labute approximate surface area is 119 Å². The van der Waals surface area contributed by atoms with Gasteiger partial charge in [-0.1, -0.05) is 25.1 Å². The van der Waals surface area contributed by atoms with Gasteiger partial charge in [0.15, 0.2) is 5.78 Å². The van der Waals surface area contributed by atoms with Gasteiger partial charge in [-0.3, -0.25) is 4.79 Å². The van der Waals surface area contributed by atoms with Gasteiger partial charge in [-0.15, -0.1) is 0 Å². The van der Waals surface area contributed by atoms with E-state index in [9.17, 15) is 9.90 Å². The topological polar surface area (TPSA) is 37.3 Å². The highest BCUT2D eigenvalue weighted by molar-refractivity contribution is 6.06. The lowest BCUT2D eigenvalue weighted by atomic mass is 9.70. The van der Waals surface area contributed by atoms with Gasteiger partial charge in [-0.25, -0.2) is 0 Å². The third-order valence-electron chi connectivity index (χ3n) is 4.63. The van der Waals surface area contributed by atoms with E-state index in [-0.39, 0.29) is 11.2 Å². The van der Waals surface area contributed by atoms with Crippen molar-refractivity contribution < 1.29 is 9.90 Å². The predicted molar refractivity (Wildman–Crippen MR) is 80.5 cm³/mol. The fourth-order valence-corrected chi connectivity index (χ4v) is 3.69. The second-order valence-electron chi connectivity index (χ2n) is 5.91. The van der Waals surface area contributed by atoms with Crippen molar-refractivity contribution >= 4 is 11.4 Å². The number of carbonyl (C=O) groups excluding carboxylic acids is 1. The van der Waals surface area contributed by atoms with Crippen LogP contribution < -0.4 is 0 Å². The summed E-state index contributed by atoms with van der Waals surface area (Å²) in [6.07, 6.45) is 7.90. The average molecular weight is 268 g/mol. The molecule has 0 aromatic heterocycles. The molecular weight excluding hydrogens is 248 g/mol. The molecule has 0 saturated heterocycles. The van der Waals surface area contributed by atoms with Crippen LogP contribution in [-0.4, -0.2) is 10.9 Å². The van der Waals surface area contributed by atoms with Crippen LogP contribution in [0.25, 0.3) is 5.57 Å². The average Bonchev–Trinajstić information content (AvgIpc) is 2.75. The second kappa shape index (κ2) is 4.62. The maximum absolute atomic E-state index is 12.1. The summed E-state index contributed by atoms with van der Waals surface area (Å²) in [6.45, 7) is 4.08. The Morgan fingerprint density at radius 2 is 2.20 bits per heavy atom. The van der Waals surface area contributed by atoms with Crippen molar-refractivity contribution in [2.45, 2.75) is 39.5 Å². The van der Waals surface area contributed by atoms with Crippen LogP contribution in [0.15, 0.2) is 35.9 Å². The fraction of sp³-hybridized carbons (Fsp3) is 0.389. The highest BCUT2D eigenvalue weighted by Gasteiger charge is 2.44. The number of fused-ring (bicyclic) bond motifs is 3. The van der Waals surface area contributed by atoms with E-state index in [1.807, 2.05) is 19.1 Å². The first kappa shape index (κ1) is 13.2. The van der Waals surface area contributed by atoms with Gasteiger partial charge >= 0.3 is 0 Å². The van der Waals surface area contributed by atoms with E-state index in [0.29, 0.717) is 12.2 Å². The standard InChI is InChI=1S/C18H20O2/c1-3-4-8-18-9-7-16(20)12(2)17(18)15-6-5-14(19)10-13(15)11-18/h4-6,8,10,19H,3,7,9,11H2,1-2H3/b8-4+. The number of hydrogen-bond acceptors (Lipinski definition) is 2. The van der Waals surface area contributed by atoms with Gasteiger partial charge in [-0.05, 0) is 60.6 Å². The molecule has 2 aliphatic carbocycles. The highest BCUT2D eigenvalue weighted by atomic mass is 16.3. The van der Waals surface area contributed by atoms with Crippen molar-refractivity contribution in [2.75, 3.05) is 0 Å². The van der Waals surface area contributed by atoms with E-state index in [1.54, 1.807) is 6.07 Å². The molecule has 0 saturated carbocycles. The number of hydrogen-bond donors (Lipinski definition) is 1. The fourth-order valence-electron chi connectivity index (χ4n) is 3.69. The Kier molecular flexibility index (Phi) is 3.04. The largest absolute Gasteiger partial charge is 0.508 e. The summed E-state index contributed by atoms with van der Waals surface area (Å²) in [6, 6.07) is 5.53. The van der Waals surface area contributed by atoms with E-state index in [1.165, 1.54) is 5.57 Å². The summed E-state index contributed by atoms with van der Waals surface area (Å²) >= 11 is 0. The molecule has 1 aromatic rings. The molecule has 0 fully saturated rings. The number of rotatable bonds is 2. The third-order valence-corrected chi connectivity index (χ3v) is 4.63. The Bertz CT molecular complexity index is 637. The number of benzene rings is 1. The van der Waals surface area contributed by atoms with Crippen LogP contribution in [0.3, 0.4) is 0 Å². The summed E-state index contributed by atoms with van der Waals surface area (Å²) in [7, 11) is 0. The van der Waals surface area contributed by atoms with Gasteiger partial charge in [0.05, 0.1) is 0 Å². The van der Waals surface area contributed by atoms with Gasteiger partial charge in [0.1, 0.15) is 5.75 Å². The molecule has 1 unspecified atom stereocenters. The second-order valence-corrected chi connectivity index (χ2v) is 5.91. The molecule has 0 aliphatic heterocycles. The molecule has 0 radical (unpaired) electrons. The monoisotopic (exact) mass is 268 g/mol. The number of aromatic hydroxyl groups is 1. The zero-order valence-corrected chi connectivity index (χ0v) is 12.1. The number of allylic oxidation sites excluding steroid dienone is 4. The molecule has 0 amide bonds. The minimum Gasteiger partial charge on any atom is -0.508 e. The quantitative estimate of drug-likeness (QED) is 0.822. The van der Waals surface area contributed by atoms with E-state index >= 15 is 0 Å².